The molecule has 1 aromatic carbocycles. The van der Waals surface area contributed by atoms with Gasteiger partial charge in [-0.1, -0.05) is 0 Å². The molecule has 152 valence electrons. The van der Waals surface area contributed by atoms with E-state index < -0.39 is 0 Å². The molecule has 3 aromatic rings. The molecule has 29 heavy (non-hydrogen) atoms. The van der Waals surface area contributed by atoms with E-state index in [0.29, 0.717) is 36.1 Å². The van der Waals surface area contributed by atoms with Gasteiger partial charge in [0.2, 0.25) is 5.88 Å². The van der Waals surface area contributed by atoms with Gasteiger partial charge in [0, 0.05) is 24.1 Å². The Kier molecular flexibility index (Phi) is 6.23. The molecule has 0 radical (unpaired) electrons. The summed E-state index contributed by atoms with van der Waals surface area (Å²) in [7, 11) is 3.14. The third kappa shape index (κ3) is 4.60. The number of aromatic nitrogens is 3. The van der Waals surface area contributed by atoms with Crippen molar-refractivity contribution in [3.63, 3.8) is 0 Å². The number of anilines is 1. The van der Waals surface area contributed by atoms with Crippen LogP contribution < -0.4 is 10.5 Å². The summed E-state index contributed by atoms with van der Waals surface area (Å²) in [5.74, 6) is 0.793. The number of hydrogen-bond donors (Lipinski definition) is 1. The quantitative estimate of drug-likeness (QED) is 0.656. The molecule has 2 heterocycles. The Labute approximate surface area is 169 Å². The van der Waals surface area contributed by atoms with E-state index in [2.05, 4.69) is 15.2 Å². The van der Waals surface area contributed by atoms with Crippen LogP contribution in [0.3, 0.4) is 0 Å². The molecule has 0 saturated heterocycles. The third-order valence-corrected chi connectivity index (χ3v) is 4.73. The molecule has 8 heteroatoms. The van der Waals surface area contributed by atoms with E-state index in [0.717, 1.165) is 16.5 Å². The van der Waals surface area contributed by atoms with Gasteiger partial charge in [-0.25, -0.2) is 4.98 Å². The van der Waals surface area contributed by atoms with E-state index in [-0.39, 0.29) is 11.9 Å². The number of amides is 1. The van der Waals surface area contributed by atoms with Crippen LogP contribution in [0.1, 0.15) is 28.5 Å². The molecule has 8 nitrogen and oxygen atoms in total. The molecule has 0 fully saturated rings. The number of aryl methyl sites for hydroxylation is 1. The molecule has 1 amide bonds. The summed E-state index contributed by atoms with van der Waals surface area (Å²) in [6, 6.07) is 10.7. The molecular weight excluding hydrogens is 370 g/mol. The van der Waals surface area contributed by atoms with Crippen LogP contribution in [-0.2, 0) is 11.3 Å². The summed E-state index contributed by atoms with van der Waals surface area (Å²) in [5, 5.41) is 9.00. The lowest BCUT2D eigenvalue weighted by Gasteiger charge is -2.28. The highest BCUT2D eigenvalue weighted by molar-refractivity contribution is 5.98. The van der Waals surface area contributed by atoms with Gasteiger partial charge in [-0.3, -0.25) is 4.79 Å². The number of ether oxygens (including phenoxy) is 2. The summed E-state index contributed by atoms with van der Waals surface area (Å²) in [4.78, 5) is 19.4. The fourth-order valence-corrected chi connectivity index (χ4v) is 3.07. The van der Waals surface area contributed by atoms with Crippen LogP contribution in [0, 0.1) is 6.92 Å². The highest BCUT2D eigenvalue weighted by atomic mass is 16.5. The summed E-state index contributed by atoms with van der Waals surface area (Å²) in [5.41, 5.74) is 8.74. The molecule has 0 bridgehead atoms. The van der Waals surface area contributed by atoms with Gasteiger partial charge in [0.15, 0.2) is 0 Å². The summed E-state index contributed by atoms with van der Waals surface area (Å²) < 4.78 is 10.3. The van der Waals surface area contributed by atoms with Crippen molar-refractivity contribution in [2.75, 3.05) is 26.6 Å². The number of carbonyl (C=O) groups is 1. The minimum atomic E-state index is -0.154. The Bertz CT molecular complexity index is 1010. The molecule has 1 atom stereocenters. The van der Waals surface area contributed by atoms with Crippen molar-refractivity contribution in [1.29, 1.82) is 0 Å². The van der Waals surface area contributed by atoms with Crippen molar-refractivity contribution >= 4 is 22.6 Å². The molecular formula is C21H25N5O3. The van der Waals surface area contributed by atoms with Crippen molar-refractivity contribution in [3.8, 4) is 5.88 Å². The molecule has 2 aromatic heterocycles. The minimum absolute atomic E-state index is 0.122. The van der Waals surface area contributed by atoms with Crippen LogP contribution >= 0.6 is 0 Å². The van der Waals surface area contributed by atoms with Gasteiger partial charge in [0.05, 0.1) is 37.5 Å². The number of pyridine rings is 1. The average molecular weight is 395 g/mol. The van der Waals surface area contributed by atoms with Crippen LogP contribution in [0.15, 0.2) is 36.4 Å². The zero-order valence-corrected chi connectivity index (χ0v) is 17.0. The molecule has 0 spiro atoms. The maximum atomic E-state index is 13.3. The van der Waals surface area contributed by atoms with Crippen LogP contribution in [0.2, 0.25) is 0 Å². The Hall–Kier alpha value is -3.26. The van der Waals surface area contributed by atoms with E-state index in [4.69, 9.17) is 15.2 Å². The van der Waals surface area contributed by atoms with Gasteiger partial charge in [0.1, 0.15) is 5.82 Å². The molecule has 1 unspecified atom stereocenters. The monoisotopic (exact) mass is 395 g/mol. The molecule has 0 aliphatic rings. The first-order valence-electron chi connectivity index (χ1n) is 9.26. The first-order chi connectivity index (χ1) is 13.9. The van der Waals surface area contributed by atoms with Crippen molar-refractivity contribution < 1.29 is 14.3 Å². The second kappa shape index (κ2) is 8.83. The Morgan fingerprint density at radius 3 is 2.62 bits per heavy atom. The summed E-state index contributed by atoms with van der Waals surface area (Å²) in [6.07, 6.45) is 0. The van der Waals surface area contributed by atoms with Crippen molar-refractivity contribution in [3.05, 3.63) is 53.2 Å². The number of hydrogen-bond acceptors (Lipinski definition) is 7. The number of methoxy groups -OCH3 is 2. The van der Waals surface area contributed by atoms with E-state index in [9.17, 15) is 4.79 Å². The maximum Gasteiger partial charge on any atom is 0.254 e. The Balaban J connectivity index is 1.92. The predicted molar refractivity (Wildman–Crippen MR) is 111 cm³/mol. The zero-order chi connectivity index (χ0) is 21.0. The first kappa shape index (κ1) is 20.5. The summed E-state index contributed by atoms with van der Waals surface area (Å²) in [6.45, 7) is 4.54. The number of fused-ring (bicyclic) bond motifs is 1. The molecule has 0 saturated carbocycles. The smallest absolute Gasteiger partial charge is 0.254 e. The van der Waals surface area contributed by atoms with Gasteiger partial charge in [0.25, 0.3) is 5.91 Å². The van der Waals surface area contributed by atoms with Crippen molar-refractivity contribution in [2.24, 2.45) is 0 Å². The Morgan fingerprint density at radius 1 is 1.17 bits per heavy atom. The van der Waals surface area contributed by atoms with Gasteiger partial charge < -0.3 is 20.1 Å². The van der Waals surface area contributed by atoms with Gasteiger partial charge in [-0.15, -0.1) is 5.10 Å². The van der Waals surface area contributed by atoms with E-state index >= 15 is 0 Å². The van der Waals surface area contributed by atoms with Gasteiger partial charge in [-0.2, -0.15) is 5.10 Å². The number of nitrogen functional groups attached to an aromatic ring is 1. The van der Waals surface area contributed by atoms with E-state index in [1.54, 1.807) is 30.2 Å². The molecule has 2 N–H and O–H groups in total. The van der Waals surface area contributed by atoms with Gasteiger partial charge in [-0.05, 0) is 49.7 Å². The van der Waals surface area contributed by atoms with Gasteiger partial charge >= 0.3 is 0 Å². The topological polar surface area (TPSA) is 103 Å². The summed E-state index contributed by atoms with van der Waals surface area (Å²) >= 11 is 0. The fraction of sp³-hybridized carbons (Fsp3) is 0.333. The lowest BCUT2D eigenvalue weighted by atomic mass is 10.1. The van der Waals surface area contributed by atoms with E-state index in [1.165, 1.54) is 7.11 Å². The molecule has 0 aliphatic carbocycles. The number of carbonyl (C=O) groups excluding carboxylic acids is 1. The largest absolute Gasteiger partial charge is 0.480 e. The predicted octanol–water partition coefficient (Wildman–Crippen LogP) is 2.60. The third-order valence-electron chi connectivity index (χ3n) is 4.73. The fourth-order valence-electron chi connectivity index (χ4n) is 3.07. The number of nitrogens with zero attached hydrogens (tertiary/aromatic N) is 4. The standard InChI is InChI=1S/C21H25N5O3/c1-13-9-16-10-15(5-7-18(16)23-20(13)22)21(27)26(14(2)12-28-3)11-17-6-8-19(29-4)25-24-17/h5-10,14H,11-12H2,1-4H3,(H2,22,23). The highest BCUT2D eigenvalue weighted by Crippen LogP contribution is 2.21. The number of benzene rings is 1. The van der Waals surface area contributed by atoms with Crippen LogP contribution in [-0.4, -0.2) is 52.9 Å². The number of rotatable bonds is 7. The second-order valence-corrected chi connectivity index (χ2v) is 6.90. The number of nitrogens with two attached hydrogens (primary N) is 1. The second-order valence-electron chi connectivity index (χ2n) is 6.90. The zero-order valence-electron chi connectivity index (χ0n) is 17.0. The maximum absolute atomic E-state index is 13.3. The average Bonchev–Trinajstić information content (AvgIpc) is 2.72. The lowest BCUT2D eigenvalue weighted by Crippen LogP contribution is -2.40. The molecule has 0 aliphatic heterocycles. The minimum Gasteiger partial charge on any atom is -0.480 e. The van der Waals surface area contributed by atoms with Crippen molar-refractivity contribution in [1.82, 2.24) is 20.1 Å². The first-order valence-corrected chi connectivity index (χ1v) is 9.26. The van der Waals surface area contributed by atoms with Crippen LogP contribution in [0.5, 0.6) is 5.88 Å². The van der Waals surface area contributed by atoms with Crippen LogP contribution in [0.25, 0.3) is 10.9 Å². The SMILES string of the molecule is COCC(C)N(Cc1ccc(OC)nn1)C(=O)c1ccc2nc(N)c(C)cc2c1. The normalized spacial score (nSPS) is 12.0. The highest BCUT2D eigenvalue weighted by Gasteiger charge is 2.23. The molecule has 3 rings (SSSR count). The van der Waals surface area contributed by atoms with Crippen LogP contribution in [0.4, 0.5) is 5.82 Å². The van der Waals surface area contributed by atoms with E-state index in [1.807, 2.05) is 32.0 Å². The lowest BCUT2D eigenvalue weighted by molar-refractivity contribution is 0.0538. The Morgan fingerprint density at radius 2 is 1.97 bits per heavy atom. The van der Waals surface area contributed by atoms with Crippen molar-refractivity contribution in [2.45, 2.75) is 26.4 Å².